The van der Waals surface area contributed by atoms with Crippen LogP contribution in [0.4, 0.5) is 10.5 Å². The highest BCUT2D eigenvalue weighted by Crippen LogP contribution is 2.19. The van der Waals surface area contributed by atoms with Crippen LogP contribution >= 0.6 is 0 Å². The van der Waals surface area contributed by atoms with Crippen molar-refractivity contribution >= 4 is 28.6 Å². The maximum absolute atomic E-state index is 12.2. The molecular formula is C18H16N4O3. The summed E-state index contributed by atoms with van der Waals surface area (Å²) in [5, 5.41) is 10.6. The van der Waals surface area contributed by atoms with E-state index in [1.165, 1.54) is 0 Å². The summed E-state index contributed by atoms with van der Waals surface area (Å²) >= 11 is 0. The minimum Gasteiger partial charge on any atom is -0.457 e. The molecule has 126 valence electrons. The normalized spacial score (nSPS) is 13.9. The molecule has 1 saturated heterocycles. The maximum atomic E-state index is 12.2. The third kappa shape index (κ3) is 2.91. The minimum atomic E-state index is -0.408. The molecule has 7 nitrogen and oxygen atoms in total. The van der Waals surface area contributed by atoms with Gasteiger partial charge in [0.25, 0.3) is 0 Å². The smallest absolute Gasteiger partial charge is 0.338 e. The first kappa shape index (κ1) is 15.2. The van der Waals surface area contributed by atoms with E-state index in [-0.39, 0.29) is 12.6 Å². The van der Waals surface area contributed by atoms with Crippen LogP contribution in [0, 0.1) is 0 Å². The van der Waals surface area contributed by atoms with Crippen LogP contribution in [0.2, 0.25) is 0 Å². The predicted octanol–water partition coefficient (Wildman–Crippen LogP) is 2.45. The van der Waals surface area contributed by atoms with E-state index in [2.05, 4.69) is 15.5 Å². The van der Waals surface area contributed by atoms with E-state index in [0.717, 1.165) is 22.2 Å². The van der Waals surface area contributed by atoms with Gasteiger partial charge in [0.2, 0.25) is 0 Å². The van der Waals surface area contributed by atoms with Crippen molar-refractivity contribution in [1.29, 1.82) is 0 Å². The number of rotatable bonds is 4. The van der Waals surface area contributed by atoms with Gasteiger partial charge in [0.15, 0.2) is 0 Å². The predicted molar refractivity (Wildman–Crippen MR) is 92.4 cm³/mol. The first-order chi connectivity index (χ1) is 12.2. The van der Waals surface area contributed by atoms with E-state index < -0.39 is 5.97 Å². The third-order valence-corrected chi connectivity index (χ3v) is 4.19. The number of anilines is 1. The van der Waals surface area contributed by atoms with E-state index in [0.29, 0.717) is 18.7 Å². The Morgan fingerprint density at radius 2 is 2.04 bits per heavy atom. The lowest BCUT2D eigenvalue weighted by Crippen LogP contribution is -2.27. The number of carbonyl (C=O) groups excluding carboxylic acids is 2. The molecule has 0 aliphatic carbocycles. The molecule has 0 bridgehead atoms. The Morgan fingerprint density at radius 1 is 1.20 bits per heavy atom. The largest absolute Gasteiger partial charge is 0.457 e. The van der Waals surface area contributed by atoms with Gasteiger partial charge in [0.05, 0.1) is 17.3 Å². The molecule has 3 aromatic rings. The van der Waals surface area contributed by atoms with Gasteiger partial charge in [0.1, 0.15) is 6.61 Å². The zero-order valence-corrected chi connectivity index (χ0v) is 13.4. The Hall–Kier alpha value is -3.35. The van der Waals surface area contributed by atoms with Crippen LogP contribution in [0.5, 0.6) is 0 Å². The highest BCUT2D eigenvalue weighted by atomic mass is 16.5. The minimum absolute atomic E-state index is 0.122. The monoisotopic (exact) mass is 336 g/mol. The van der Waals surface area contributed by atoms with E-state index >= 15 is 0 Å². The average Bonchev–Trinajstić information content (AvgIpc) is 3.28. The van der Waals surface area contributed by atoms with Gasteiger partial charge >= 0.3 is 12.0 Å². The van der Waals surface area contributed by atoms with Crippen molar-refractivity contribution in [1.82, 2.24) is 15.5 Å². The number of para-hydroxylation sites is 1. The van der Waals surface area contributed by atoms with Gasteiger partial charge in [-0.1, -0.05) is 18.2 Å². The highest BCUT2D eigenvalue weighted by Gasteiger charge is 2.21. The van der Waals surface area contributed by atoms with Crippen LogP contribution in [0.15, 0.2) is 48.7 Å². The number of nitrogens with one attached hydrogen (secondary N) is 2. The number of urea groups is 1. The summed E-state index contributed by atoms with van der Waals surface area (Å²) < 4.78 is 5.40. The van der Waals surface area contributed by atoms with Gasteiger partial charge in [-0.05, 0) is 24.3 Å². The lowest BCUT2D eigenvalue weighted by molar-refractivity contribution is 0.0474. The molecule has 0 unspecified atom stereocenters. The molecule has 4 rings (SSSR count). The summed E-state index contributed by atoms with van der Waals surface area (Å²) in [6, 6.07) is 12.4. The summed E-state index contributed by atoms with van der Waals surface area (Å²) in [6.07, 6.45) is 1.73. The van der Waals surface area contributed by atoms with Gasteiger partial charge in [0, 0.05) is 29.7 Å². The van der Waals surface area contributed by atoms with Gasteiger partial charge in [-0.15, -0.1) is 0 Å². The highest BCUT2D eigenvalue weighted by molar-refractivity contribution is 5.95. The van der Waals surface area contributed by atoms with Crippen molar-refractivity contribution in [3.8, 4) is 0 Å². The second kappa shape index (κ2) is 6.27. The van der Waals surface area contributed by atoms with Crippen molar-refractivity contribution in [2.24, 2.45) is 0 Å². The fourth-order valence-electron chi connectivity index (χ4n) is 2.87. The number of hydrogen-bond acceptors (Lipinski definition) is 4. The van der Waals surface area contributed by atoms with Crippen molar-refractivity contribution in [2.45, 2.75) is 6.61 Å². The lowest BCUT2D eigenvalue weighted by atomic mass is 10.1. The number of hydrogen-bond donors (Lipinski definition) is 2. The summed E-state index contributed by atoms with van der Waals surface area (Å²) in [4.78, 5) is 25.5. The third-order valence-electron chi connectivity index (χ3n) is 4.19. The molecule has 0 saturated carbocycles. The number of benzene rings is 2. The number of aromatic amines is 1. The second-order valence-corrected chi connectivity index (χ2v) is 5.76. The molecule has 2 N–H and O–H groups in total. The Labute approximate surface area is 143 Å². The lowest BCUT2D eigenvalue weighted by Gasteiger charge is -2.14. The van der Waals surface area contributed by atoms with E-state index in [1.54, 1.807) is 35.4 Å². The fourth-order valence-corrected chi connectivity index (χ4v) is 2.87. The molecule has 1 fully saturated rings. The molecule has 2 amide bonds. The van der Waals surface area contributed by atoms with Crippen molar-refractivity contribution in [3.05, 3.63) is 59.8 Å². The Balaban J connectivity index is 1.44. The van der Waals surface area contributed by atoms with Crippen molar-refractivity contribution < 1.29 is 14.3 Å². The number of fused-ring (bicyclic) bond motifs is 1. The number of ether oxygens (including phenoxy) is 1. The molecule has 0 atom stereocenters. The molecule has 0 radical (unpaired) electrons. The Morgan fingerprint density at radius 3 is 2.80 bits per heavy atom. The van der Waals surface area contributed by atoms with Crippen LogP contribution in [0.3, 0.4) is 0 Å². The standard InChI is InChI=1S/C18H16N4O3/c23-17(25-11-14-3-1-2-13-10-20-21-16(13)14)12-4-6-15(7-5-12)22-9-8-19-18(22)24/h1-7,10H,8-9,11H2,(H,19,24)(H,20,21). The van der Waals surface area contributed by atoms with Crippen LogP contribution in [-0.2, 0) is 11.3 Å². The van der Waals surface area contributed by atoms with Crippen LogP contribution < -0.4 is 10.2 Å². The number of aromatic nitrogens is 2. The number of nitrogens with zero attached hydrogens (tertiary/aromatic N) is 2. The van der Waals surface area contributed by atoms with Crippen molar-refractivity contribution in [3.63, 3.8) is 0 Å². The molecule has 1 aliphatic heterocycles. The van der Waals surface area contributed by atoms with Crippen LogP contribution in [0.25, 0.3) is 10.9 Å². The molecule has 1 aromatic heterocycles. The number of amides is 2. The Kier molecular flexibility index (Phi) is 3.81. The fraction of sp³-hybridized carbons (Fsp3) is 0.167. The Bertz CT molecular complexity index is 933. The molecule has 7 heteroatoms. The molecule has 0 spiro atoms. The summed E-state index contributed by atoms with van der Waals surface area (Å²) in [5.41, 5.74) is 2.94. The SMILES string of the molecule is O=C(OCc1cccc2cn[nH]c12)c1ccc(N2CCNC2=O)cc1. The molecular weight excluding hydrogens is 320 g/mol. The molecule has 2 aromatic carbocycles. The van der Waals surface area contributed by atoms with Crippen molar-refractivity contribution in [2.75, 3.05) is 18.0 Å². The van der Waals surface area contributed by atoms with Gasteiger partial charge in [-0.25, -0.2) is 9.59 Å². The molecule has 1 aliphatic rings. The van der Waals surface area contributed by atoms with Gasteiger partial charge in [-0.2, -0.15) is 5.10 Å². The first-order valence-electron chi connectivity index (χ1n) is 7.96. The average molecular weight is 336 g/mol. The maximum Gasteiger partial charge on any atom is 0.338 e. The van der Waals surface area contributed by atoms with E-state index in [9.17, 15) is 9.59 Å². The second-order valence-electron chi connectivity index (χ2n) is 5.76. The van der Waals surface area contributed by atoms with E-state index in [1.807, 2.05) is 18.2 Å². The topological polar surface area (TPSA) is 87.3 Å². The molecule has 25 heavy (non-hydrogen) atoms. The number of H-pyrrole nitrogens is 1. The number of esters is 1. The number of carbonyl (C=O) groups is 2. The summed E-state index contributed by atoms with van der Waals surface area (Å²) in [7, 11) is 0. The van der Waals surface area contributed by atoms with Crippen LogP contribution in [0.1, 0.15) is 15.9 Å². The van der Waals surface area contributed by atoms with E-state index in [4.69, 9.17) is 4.74 Å². The molecule has 2 heterocycles. The van der Waals surface area contributed by atoms with Gasteiger partial charge < -0.3 is 10.1 Å². The van der Waals surface area contributed by atoms with Crippen LogP contribution in [-0.4, -0.2) is 35.3 Å². The first-order valence-corrected chi connectivity index (χ1v) is 7.96. The quantitative estimate of drug-likeness (QED) is 0.717. The van der Waals surface area contributed by atoms with Gasteiger partial charge in [-0.3, -0.25) is 10.00 Å². The summed E-state index contributed by atoms with van der Waals surface area (Å²) in [6.45, 7) is 1.41. The zero-order chi connectivity index (χ0) is 17.2. The zero-order valence-electron chi connectivity index (χ0n) is 13.4. The summed E-state index contributed by atoms with van der Waals surface area (Å²) in [5.74, 6) is -0.408.